The maximum atomic E-state index is 13.3. The Kier molecular flexibility index (Phi) is 3.89. The van der Waals surface area contributed by atoms with Crippen LogP contribution in [0, 0.1) is 11.2 Å². The number of halogens is 1. The van der Waals surface area contributed by atoms with Crippen LogP contribution in [0.15, 0.2) is 36.4 Å². The number of carbonyl (C=O) groups is 1. The number of anilines is 1. The minimum atomic E-state index is -1.19. The van der Waals surface area contributed by atoms with Gasteiger partial charge in [0.05, 0.1) is 18.4 Å². The van der Waals surface area contributed by atoms with E-state index in [2.05, 4.69) is 0 Å². The van der Waals surface area contributed by atoms with Gasteiger partial charge in [0.25, 0.3) is 0 Å². The lowest BCUT2D eigenvalue weighted by Crippen LogP contribution is -2.12. The fourth-order valence-electron chi connectivity index (χ4n) is 2.02. The Balaban J connectivity index is 2.65. The van der Waals surface area contributed by atoms with E-state index in [-0.39, 0.29) is 33.8 Å². The summed E-state index contributed by atoms with van der Waals surface area (Å²) in [6.07, 6.45) is 0. The number of hydrogen-bond donors (Lipinski definition) is 3. The summed E-state index contributed by atoms with van der Waals surface area (Å²) in [5, 5.41) is 17.3. The van der Waals surface area contributed by atoms with Crippen LogP contribution in [0.1, 0.15) is 21.5 Å². The van der Waals surface area contributed by atoms with Crippen molar-refractivity contribution in [1.82, 2.24) is 0 Å². The molecule has 0 unspecified atom stereocenters. The lowest BCUT2D eigenvalue weighted by molar-refractivity contribution is 0.0693. The minimum Gasteiger partial charge on any atom is -0.495 e. The van der Waals surface area contributed by atoms with Gasteiger partial charge >= 0.3 is 5.97 Å². The molecule has 0 spiro atoms. The van der Waals surface area contributed by atoms with E-state index in [1.54, 1.807) is 0 Å². The molecule has 0 aliphatic carbocycles. The van der Waals surface area contributed by atoms with Crippen molar-refractivity contribution in [2.75, 3.05) is 12.8 Å². The third-order valence-corrected chi connectivity index (χ3v) is 2.99. The van der Waals surface area contributed by atoms with Crippen molar-refractivity contribution < 1.29 is 19.0 Å². The molecule has 0 fully saturated rings. The lowest BCUT2D eigenvalue weighted by Gasteiger charge is -2.15. The van der Waals surface area contributed by atoms with Crippen LogP contribution in [0.5, 0.6) is 5.75 Å². The molecular weight excluding hydrogens is 275 g/mol. The Hall–Kier alpha value is -2.89. The van der Waals surface area contributed by atoms with Gasteiger partial charge in [0.15, 0.2) is 0 Å². The Bertz CT molecular complexity index is 729. The fourth-order valence-corrected chi connectivity index (χ4v) is 2.02. The fraction of sp³-hybridized carbons (Fsp3) is 0.0667. The molecular formula is C15H13FN2O3. The summed E-state index contributed by atoms with van der Waals surface area (Å²) in [6.45, 7) is 0. The number of nitrogen functional groups attached to an aromatic ring is 1. The quantitative estimate of drug-likeness (QED) is 0.595. The van der Waals surface area contributed by atoms with Crippen molar-refractivity contribution in [3.05, 3.63) is 58.9 Å². The van der Waals surface area contributed by atoms with E-state index in [0.29, 0.717) is 0 Å². The Morgan fingerprint density at radius 2 is 2.05 bits per heavy atom. The summed E-state index contributed by atoms with van der Waals surface area (Å²) in [4.78, 5) is 11.2. The maximum absolute atomic E-state index is 13.3. The van der Waals surface area contributed by atoms with Crippen molar-refractivity contribution in [3.8, 4) is 5.75 Å². The molecule has 2 aromatic rings. The highest BCUT2D eigenvalue weighted by Gasteiger charge is 2.21. The molecule has 0 saturated heterocycles. The molecule has 21 heavy (non-hydrogen) atoms. The van der Waals surface area contributed by atoms with Crippen LogP contribution >= 0.6 is 0 Å². The van der Waals surface area contributed by atoms with Gasteiger partial charge in [0.2, 0.25) is 0 Å². The number of methoxy groups -OCH3 is 1. The van der Waals surface area contributed by atoms with E-state index in [1.807, 2.05) is 0 Å². The molecule has 0 saturated carbocycles. The number of nitrogens with one attached hydrogen (secondary N) is 1. The number of nitrogens with two attached hydrogens (primary N) is 1. The average Bonchev–Trinajstić information content (AvgIpc) is 2.45. The first-order chi connectivity index (χ1) is 9.95. The summed E-state index contributed by atoms with van der Waals surface area (Å²) in [5.41, 5.74) is 6.22. The molecule has 0 amide bonds. The van der Waals surface area contributed by atoms with Crippen LogP contribution in [0.25, 0.3) is 0 Å². The van der Waals surface area contributed by atoms with Crippen LogP contribution in [-0.2, 0) is 0 Å². The molecule has 108 valence electrons. The zero-order chi connectivity index (χ0) is 15.6. The summed E-state index contributed by atoms with van der Waals surface area (Å²) in [6, 6.07) is 8.12. The maximum Gasteiger partial charge on any atom is 0.339 e. The first-order valence-electron chi connectivity index (χ1n) is 6.00. The Morgan fingerprint density at radius 3 is 2.62 bits per heavy atom. The molecule has 2 aromatic carbocycles. The zero-order valence-corrected chi connectivity index (χ0v) is 11.2. The molecule has 0 aliphatic rings. The van der Waals surface area contributed by atoms with E-state index in [1.165, 1.54) is 43.5 Å². The van der Waals surface area contributed by atoms with Gasteiger partial charge in [-0.3, -0.25) is 5.41 Å². The molecule has 0 atom stereocenters. The largest absolute Gasteiger partial charge is 0.495 e. The van der Waals surface area contributed by atoms with Crippen LogP contribution < -0.4 is 10.5 Å². The third-order valence-electron chi connectivity index (χ3n) is 2.99. The normalized spacial score (nSPS) is 10.2. The minimum absolute atomic E-state index is 0.0169. The second-order valence-corrected chi connectivity index (χ2v) is 4.30. The average molecular weight is 288 g/mol. The van der Waals surface area contributed by atoms with E-state index in [9.17, 15) is 9.18 Å². The summed E-state index contributed by atoms with van der Waals surface area (Å²) in [7, 11) is 1.30. The third kappa shape index (κ3) is 2.69. The summed E-state index contributed by atoms with van der Waals surface area (Å²) >= 11 is 0. The molecule has 0 radical (unpaired) electrons. The van der Waals surface area contributed by atoms with Crippen molar-refractivity contribution in [1.29, 1.82) is 5.41 Å². The number of carboxylic acid groups (broad SMARTS) is 1. The van der Waals surface area contributed by atoms with Crippen LogP contribution in [0.4, 0.5) is 10.1 Å². The number of rotatable bonds is 4. The van der Waals surface area contributed by atoms with Crippen molar-refractivity contribution >= 4 is 17.4 Å². The van der Waals surface area contributed by atoms with Gasteiger partial charge in [-0.05, 0) is 24.3 Å². The second kappa shape index (κ2) is 5.62. The van der Waals surface area contributed by atoms with Gasteiger partial charge in [-0.25, -0.2) is 9.18 Å². The Morgan fingerprint density at radius 1 is 1.33 bits per heavy atom. The molecule has 5 nitrogen and oxygen atoms in total. The van der Waals surface area contributed by atoms with Crippen LogP contribution in [-0.4, -0.2) is 23.9 Å². The van der Waals surface area contributed by atoms with Crippen molar-refractivity contribution in [3.63, 3.8) is 0 Å². The van der Waals surface area contributed by atoms with Crippen molar-refractivity contribution in [2.24, 2.45) is 0 Å². The highest BCUT2D eigenvalue weighted by Crippen LogP contribution is 2.31. The van der Waals surface area contributed by atoms with Gasteiger partial charge in [0, 0.05) is 11.3 Å². The first-order valence-corrected chi connectivity index (χ1v) is 6.00. The van der Waals surface area contributed by atoms with Gasteiger partial charge in [-0.1, -0.05) is 12.1 Å². The number of benzene rings is 2. The number of hydrogen-bond acceptors (Lipinski definition) is 4. The van der Waals surface area contributed by atoms with Gasteiger partial charge in [-0.15, -0.1) is 0 Å². The number of carboxylic acids is 1. The molecule has 2 rings (SSSR count). The van der Waals surface area contributed by atoms with Gasteiger partial charge in [-0.2, -0.15) is 0 Å². The molecule has 4 N–H and O–H groups in total. The summed E-state index contributed by atoms with van der Waals surface area (Å²) in [5.74, 6) is -1.71. The SMILES string of the molecule is COc1c(C(=O)O)ccc(N)c1C(=N)c1cccc(F)c1. The molecule has 0 bridgehead atoms. The van der Waals surface area contributed by atoms with Gasteiger partial charge < -0.3 is 15.6 Å². The Labute approximate surface area is 120 Å². The zero-order valence-electron chi connectivity index (χ0n) is 11.2. The van der Waals surface area contributed by atoms with E-state index in [0.717, 1.165) is 0 Å². The standard InChI is InChI=1S/C15H13FN2O3/c1-21-14-10(15(19)20)5-6-11(17)12(14)13(18)8-3-2-4-9(16)7-8/h2-7,18H,17H2,1H3,(H,19,20). The highest BCUT2D eigenvalue weighted by molar-refractivity contribution is 6.17. The topological polar surface area (TPSA) is 96.4 Å². The lowest BCUT2D eigenvalue weighted by atomic mass is 9.97. The monoisotopic (exact) mass is 288 g/mol. The summed E-state index contributed by atoms with van der Waals surface area (Å²) < 4.78 is 18.4. The molecule has 0 aliphatic heterocycles. The predicted octanol–water partition coefficient (Wildman–Crippen LogP) is 2.53. The number of aromatic carboxylic acids is 1. The van der Waals surface area contributed by atoms with E-state index < -0.39 is 11.8 Å². The predicted molar refractivity (Wildman–Crippen MR) is 76.7 cm³/mol. The smallest absolute Gasteiger partial charge is 0.339 e. The first kappa shape index (κ1) is 14.5. The molecule has 6 heteroatoms. The van der Waals surface area contributed by atoms with Gasteiger partial charge in [0.1, 0.15) is 17.1 Å². The molecule has 0 heterocycles. The van der Waals surface area contributed by atoms with Crippen molar-refractivity contribution in [2.45, 2.75) is 0 Å². The molecule has 0 aromatic heterocycles. The number of ether oxygens (including phenoxy) is 1. The van der Waals surface area contributed by atoms with Crippen LogP contribution in [0.2, 0.25) is 0 Å². The van der Waals surface area contributed by atoms with E-state index >= 15 is 0 Å². The second-order valence-electron chi connectivity index (χ2n) is 4.30. The van der Waals surface area contributed by atoms with E-state index in [4.69, 9.17) is 21.0 Å². The highest BCUT2D eigenvalue weighted by atomic mass is 19.1. The van der Waals surface area contributed by atoms with Crippen LogP contribution in [0.3, 0.4) is 0 Å².